The fourth-order valence-electron chi connectivity index (χ4n) is 3.33. The third-order valence-electron chi connectivity index (χ3n) is 5.10. The van der Waals surface area contributed by atoms with E-state index in [-0.39, 0.29) is 18.6 Å². The largest absolute Gasteiger partial charge is 0.483 e. The topological polar surface area (TPSA) is 38.3 Å². The standard InChI is InChI=1S/C25H35NO2/c1-16(2)20-9-11-21(12-10-20)25(18(5)6)26-24(27)15-28-23-14-19(7)8-13-22(23)17(3)4/h8-14,16-18,25H,15H2,1-7H3,(H,26,27)/t25-/m1/s1. The summed E-state index contributed by atoms with van der Waals surface area (Å²) < 4.78 is 5.90. The number of carbonyl (C=O) groups excluding carboxylic acids is 1. The van der Waals surface area contributed by atoms with E-state index < -0.39 is 0 Å². The van der Waals surface area contributed by atoms with Crippen molar-refractivity contribution in [1.29, 1.82) is 0 Å². The van der Waals surface area contributed by atoms with Gasteiger partial charge in [0, 0.05) is 0 Å². The van der Waals surface area contributed by atoms with Crippen molar-refractivity contribution < 1.29 is 9.53 Å². The Morgan fingerprint density at radius 3 is 2.04 bits per heavy atom. The van der Waals surface area contributed by atoms with Crippen LogP contribution < -0.4 is 10.1 Å². The maximum Gasteiger partial charge on any atom is 0.258 e. The van der Waals surface area contributed by atoms with Crippen LogP contribution in [0.5, 0.6) is 5.75 Å². The van der Waals surface area contributed by atoms with Gasteiger partial charge in [-0.15, -0.1) is 0 Å². The fraction of sp³-hybridized carbons (Fsp3) is 0.480. The Hall–Kier alpha value is -2.29. The van der Waals surface area contributed by atoms with Gasteiger partial charge in [0.05, 0.1) is 6.04 Å². The number of amides is 1. The summed E-state index contributed by atoms with van der Waals surface area (Å²) in [6.45, 7) is 14.9. The van der Waals surface area contributed by atoms with Gasteiger partial charge in [0.2, 0.25) is 0 Å². The van der Waals surface area contributed by atoms with Crippen molar-refractivity contribution in [2.24, 2.45) is 5.92 Å². The molecule has 1 atom stereocenters. The molecule has 0 bridgehead atoms. The molecule has 0 aliphatic rings. The molecule has 0 aliphatic heterocycles. The Bertz CT molecular complexity index is 776. The molecule has 0 saturated carbocycles. The number of aryl methyl sites for hydroxylation is 1. The second-order valence-electron chi connectivity index (χ2n) is 8.60. The van der Waals surface area contributed by atoms with E-state index in [0.717, 1.165) is 22.4 Å². The highest BCUT2D eigenvalue weighted by atomic mass is 16.5. The molecule has 0 spiro atoms. The van der Waals surface area contributed by atoms with Crippen LogP contribution in [0, 0.1) is 12.8 Å². The van der Waals surface area contributed by atoms with Crippen molar-refractivity contribution in [3.63, 3.8) is 0 Å². The highest BCUT2D eigenvalue weighted by molar-refractivity contribution is 5.78. The first-order valence-electron chi connectivity index (χ1n) is 10.3. The van der Waals surface area contributed by atoms with Crippen molar-refractivity contribution >= 4 is 5.91 Å². The predicted molar refractivity (Wildman–Crippen MR) is 117 cm³/mol. The van der Waals surface area contributed by atoms with E-state index in [4.69, 9.17) is 4.74 Å². The van der Waals surface area contributed by atoms with Crippen LogP contribution in [0.25, 0.3) is 0 Å². The molecule has 2 aromatic rings. The molecule has 0 saturated heterocycles. The maximum absolute atomic E-state index is 12.6. The van der Waals surface area contributed by atoms with Crippen LogP contribution in [0.2, 0.25) is 0 Å². The Balaban J connectivity index is 2.06. The molecule has 0 heterocycles. The van der Waals surface area contributed by atoms with Crippen LogP contribution in [-0.2, 0) is 4.79 Å². The molecular weight excluding hydrogens is 346 g/mol. The molecule has 0 aromatic heterocycles. The van der Waals surface area contributed by atoms with Gasteiger partial charge in [0.1, 0.15) is 5.75 Å². The van der Waals surface area contributed by atoms with E-state index in [2.05, 4.69) is 83.3 Å². The molecule has 0 fully saturated rings. The molecular formula is C25H35NO2. The van der Waals surface area contributed by atoms with E-state index in [1.807, 2.05) is 13.0 Å². The van der Waals surface area contributed by atoms with Crippen molar-refractivity contribution in [3.05, 3.63) is 64.7 Å². The normalized spacial score (nSPS) is 12.5. The number of hydrogen-bond acceptors (Lipinski definition) is 2. The summed E-state index contributed by atoms with van der Waals surface area (Å²) in [5, 5.41) is 3.15. The van der Waals surface area contributed by atoms with E-state index in [1.165, 1.54) is 5.56 Å². The fourth-order valence-corrected chi connectivity index (χ4v) is 3.33. The summed E-state index contributed by atoms with van der Waals surface area (Å²) in [6.07, 6.45) is 0. The summed E-state index contributed by atoms with van der Waals surface area (Å²) in [5.41, 5.74) is 4.70. The smallest absolute Gasteiger partial charge is 0.258 e. The summed E-state index contributed by atoms with van der Waals surface area (Å²) in [4.78, 5) is 12.6. The molecule has 28 heavy (non-hydrogen) atoms. The Kier molecular flexibility index (Phi) is 7.68. The number of nitrogens with one attached hydrogen (secondary N) is 1. The van der Waals surface area contributed by atoms with Gasteiger partial charge in [-0.2, -0.15) is 0 Å². The van der Waals surface area contributed by atoms with Crippen molar-refractivity contribution in [2.75, 3.05) is 6.61 Å². The van der Waals surface area contributed by atoms with Crippen molar-refractivity contribution in [1.82, 2.24) is 5.32 Å². The van der Waals surface area contributed by atoms with E-state index in [9.17, 15) is 4.79 Å². The molecule has 3 nitrogen and oxygen atoms in total. The number of carbonyl (C=O) groups is 1. The Morgan fingerprint density at radius 2 is 1.50 bits per heavy atom. The Morgan fingerprint density at radius 1 is 0.893 bits per heavy atom. The SMILES string of the molecule is Cc1ccc(C(C)C)c(OCC(=O)N[C@@H](c2ccc(C(C)C)cc2)C(C)C)c1. The number of hydrogen-bond donors (Lipinski definition) is 1. The lowest BCUT2D eigenvalue weighted by atomic mass is 9.93. The van der Waals surface area contributed by atoms with Crippen LogP contribution in [0.1, 0.15) is 81.7 Å². The van der Waals surface area contributed by atoms with Crippen LogP contribution in [0.4, 0.5) is 0 Å². The molecule has 0 aliphatic carbocycles. The first-order valence-corrected chi connectivity index (χ1v) is 10.3. The monoisotopic (exact) mass is 381 g/mol. The molecule has 3 heteroatoms. The van der Waals surface area contributed by atoms with Gasteiger partial charge in [0.25, 0.3) is 5.91 Å². The van der Waals surface area contributed by atoms with Gasteiger partial charge in [-0.1, -0.05) is 77.9 Å². The zero-order valence-electron chi connectivity index (χ0n) is 18.4. The molecule has 2 aromatic carbocycles. The maximum atomic E-state index is 12.6. The van der Waals surface area contributed by atoms with Crippen LogP contribution >= 0.6 is 0 Å². The zero-order chi connectivity index (χ0) is 20.8. The average molecular weight is 382 g/mol. The van der Waals surface area contributed by atoms with Gasteiger partial charge in [-0.05, 0) is 53.0 Å². The lowest BCUT2D eigenvalue weighted by molar-refractivity contribution is -0.124. The lowest BCUT2D eigenvalue weighted by Gasteiger charge is -2.24. The summed E-state index contributed by atoms with van der Waals surface area (Å²) in [6, 6.07) is 14.7. The van der Waals surface area contributed by atoms with E-state index in [1.54, 1.807) is 0 Å². The van der Waals surface area contributed by atoms with Crippen molar-refractivity contribution in [2.45, 2.75) is 66.3 Å². The minimum absolute atomic E-state index is 0.0243. The summed E-state index contributed by atoms with van der Waals surface area (Å²) >= 11 is 0. The highest BCUT2D eigenvalue weighted by Crippen LogP contribution is 2.28. The molecule has 1 N–H and O–H groups in total. The van der Waals surface area contributed by atoms with Gasteiger partial charge in [-0.25, -0.2) is 0 Å². The van der Waals surface area contributed by atoms with E-state index in [0.29, 0.717) is 17.8 Å². The van der Waals surface area contributed by atoms with Gasteiger partial charge >= 0.3 is 0 Å². The van der Waals surface area contributed by atoms with E-state index >= 15 is 0 Å². The summed E-state index contributed by atoms with van der Waals surface area (Å²) in [5.74, 6) is 1.84. The van der Waals surface area contributed by atoms with Gasteiger partial charge < -0.3 is 10.1 Å². The summed E-state index contributed by atoms with van der Waals surface area (Å²) in [7, 11) is 0. The number of benzene rings is 2. The minimum Gasteiger partial charge on any atom is -0.483 e. The molecule has 1 amide bonds. The molecule has 0 radical (unpaired) electrons. The van der Waals surface area contributed by atoms with Gasteiger partial charge in [0.15, 0.2) is 6.61 Å². The van der Waals surface area contributed by atoms with Crippen molar-refractivity contribution in [3.8, 4) is 5.75 Å². The molecule has 0 unspecified atom stereocenters. The molecule has 2 rings (SSSR count). The number of ether oxygens (including phenoxy) is 1. The number of rotatable bonds is 8. The van der Waals surface area contributed by atoms with Gasteiger partial charge in [-0.3, -0.25) is 4.79 Å². The zero-order valence-corrected chi connectivity index (χ0v) is 18.4. The quantitative estimate of drug-likeness (QED) is 0.597. The van der Waals surface area contributed by atoms with Crippen LogP contribution in [0.3, 0.4) is 0 Å². The van der Waals surface area contributed by atoms with Crippen LogP contribution in [-0.4, -0.2) is 12.5 Å². The lowest BCUT2D eigenvalue weighted by Crippen LogP contribution is -2.35. The average Bonchev–Trinajstić information content (AvgIpc) is 2.64. The molecule has 152 valence electrons. The second-order valence-corrected chi connectivity index (χ2v) is 8.60. The van der Waals surface area contributed by atoms with Crippen LogP contribution in [0.15, 0.2) is 42.5 Å². The first-order chi connectivity index (χ1) is 13.2. The predicted octanol–water partition coefficient (Wildman–Crippen LogP) is 6.13. The highest BCUT2D eigenvalue weighted by Gasteiger charge is 2.19. The minimum atomic E-state index is -0.0946. The second kappa shape index (κ2) is 9.77. The third kappa shape index (κ3) is 5.85. The Labute approximate surface area is 170 Å². The first kappa shape index (κ1) is 22.0. The third-order valence-corrected chi connectivity index (χ3v) is 5.10.